The van der Waals surface area contributed by atoms with Crippen molar-refractivity contribution in [2.45, 2.75) is 0 Å². The predicted molar refractivity (Wildman–Crippen MR) is 108 cm³/mol. The zero-order valence-corrected chi connectivity index (χ0v) is 14.6. The Hall–Kier alpha value is -4.13. The van der Waals surface area contributed by atoms with Crippen LogP contribution in [-0.4, -0.2) is 35.0 Å². The summed E-state index contributed by atoms with van der Waals surface area (Å²) in [6, 6.07) is 17.1. The minimum Gasteiger partial charge on any atom is -0.508 e. The van der Waals surface area contributed by atoms with Gasteiger partial charge in [-0.2, -0.15) is 0 Å². The van der Waals surface area contributed by atoms with Gasteiger partial charge in [0.25, 0.3) is 0 Å². The normalized spacial score (nSPS) is 11.7. The van der Waals surface area contributed by atoms with E-state index < -0.39 is 0 Å². The lowest BCUT2D eigenvalue weighted by Gasteiger charge is -1.96. The number of imidazole rings is 3. The Morgan fingerprint density at radius 1 is 0.643 bits per heavy atom. The molecular formula is C21H14N6O. The molecule has 0 unspecified atom stereocenters. The number of fused-ring (bicyclic) bond motifs is 3. The van der Waals surface area contributed by atoms with Crippen LogP contribution in [0.3, 0.4) is 0 Å². The van der Waals surface area contributed by atoms with Gasteiger partial charge < -0.3 is 20.1 Å². The lowest BCUT2D eigenvalue weighted by Crippen LogP contribution is -1.81. The maximum Gasteiger partial charge on any atom is 0.138 e. The number of H-pyrrole nitrogens is 3. The van der Waals surface area contributed by atoms with Gasteiger partial charge in [-0.05, 0) is 48.5 Å². The second-order valence-electron chi connectivity index (χ2n) is 6.74. The summed E-state index contributed by atoms with van der Waals surface area (Å²) in [6.07, 6.45) is 1.69. The first-order valence-electron chi connectivity index (χ1n) is 8.85. The number of rotatable bonds is 2. The first-order valence-corrected chi connectivity index (χ1v) is 8.85. The van der Waals surface area contributed by atoms with Crippen LogP contribution in [0.25, 0.3) is 55.9 Å². The molecule has 0 bridgehead atoms. The second-order valence-corrected chi connectivity index (χ2v) is 6.74. The standard InChI is InChI=1S/C21H14N6O/c28-13-3-6-16-19(9-13)27-21(25-16)12-2-5-15-18(8-12)26-20(24-15)11-1-4-14-17(7-11)23-10-22-14/h1-10,28H,(H,22,23)(H,24,26)(H,25,27). The van der Waals surface area contributed by atoms with Gasteiger partial charge in [0.15, 0.2) is 0 Å². The summed E-state index contributed by atoms with van der Waals surface area (Å²) in [5.74, 6) is 1.77. The SMILES string of the molecule is Oc1ccc2nc(-c3ccc4nc(-c5ccc6nc[nH]c6c5)[nH]c4c3)[nH]c2c1. The summed E-state index contributed by atoms with van der Waals surface area (Å²) < 4.78 is 0. The van der Waals surface area contributed by atoms with E-state index in [0.717, 1.165) is 55.9 Å². The molecule has 0 aliphatic rings. The van der Waals surface area contributed by atoms with Crippen LogP contribution in [0.2, 0.25) is 0 Å². The Labute approximate surface area is 158 Å². The lowest BCUT2D eigenvalue weighted by atomic mass is 10.2. The molecule has 28 heavy (non-hydrogen) atoms. The molecule has 0 saturated heterocycles. The van der Waals surface area contributed by atoms with Crippen molar-refractivity contribution in [3.8, 4) is 28.5 Å². The van der Waals surface area contributed by atoms with Crippen molar-refractivity contribution in [1.29, 1.82) is 0 Å². The number of nitrogens with one attached hydrogen (secondary N) is 3. The van der Waals surface area contributed by atoms with Crippen molar-refractivity contribution in [1.82, 2.24) is 29.9 Å². The van der Waals surface area contributed by atoms with Gasteiger partial charge in [-0.15, -0.1) is 0 Å². The van der Waals surface area contributed by atoms with Crippen LogP contribution < -0.4 is 0 Å². The molecule has 0 saturated carbocycles. The lowest BCUT2D eigenvalue weighted by molar-refractivity contribution is 0.476. The fourth-order valence-corrected chi connectivity index (χ4v) is 3.51. The Morgan fingerprint density at radius 3 is 2.00 bits per heavy atom. The van der Waals surface area contributed by atoms with Gasteiger partial charge >= 0.3 is 0 Å². The van der Waals surface area contributed by atoms with Crippen LogP contribution >= 0.6 is 0 Å². The van der Waals surface area contributed by atoms with Crippen LogP contribution in [0.5, 0.6) is 5.75 Å². The molecule has 0 atom stereocenters. The Bertz CT molecular complexity index is 1490. The van der Waals surface area contributed by atoms with Gasteiger partial charge in [-0.1, -0.05) is 0 Å². The van der Waals surface area contributed by atoms with Crippen molar-refractivity contribution >= 4 is 33.1 Å². The number of nitrogens with zero attached hydrogens (tertiary/aromatic N) is 3. The molecule has 3 heterocycles. The minimum atomic E-state index is 0.214. The van der Waals surface area contributed by atoms with E-state index in [1.807, 2.05) is 36.4 Å². The molecule has 0 radical (unpaired) electrons. The third-order valence-corrected chi connectivity index (χ3v) is 4.91. The summed E-state index contributed by atoms with van der Waals surface area (Å²) in [6.45, 7) is 0. The Morgan fingerprint density at radius 2 is 1.25 bits per heavy atom. The molecule has 7 heteroatoms. The molecular weight excluding hydrogens is 352 g/mol. The molecule has 3 aromatic heterocycles. The second kappa shape index (κ2) is 5.43. The molecule has 0 aliphatic heterocycles. The van der Waals surface area contributed by atoms with Crippen LogP contribution in [0.4, 0.5) is 0 Å². The average molecular weight is 366 g/mol. The smallest absolute Gasteiger partial charge is 0.138 e. The summed E-state index contributed by atoms with van der Waals surface area (Å²) >= 11 is 0. The molecule has 0 aliphatic carbocycles. The maximum atomic E-state index is 9.65. The molecule has 4 N–H and O–H groups in total. The maximum absolute atomic E-state index is 9.65. The molecule has 6 aromatic rings. The van der Waals surface area contributed by atoms with Crippen molar-refractivity contribution in [3.63, 3.8) is 0 Å². The fraction of sp³-hybridized carbons (Fsp3) is 0. The highest BCUT2D eigenvalue weighted by Crippen LogP contribution is 2.28. The third-order valence-electron chi connectivity index (χ3n) is 4.91. The highest BCUT2D eigenvalue weighted by Gasteiger charge is 2.10. The van der Waals surface area contributed by atoms with E-state index in [9.17, 15) is 5.11 Å². The molecule has 3 aromatic carbocycles. The first kappa shape index (κ1) is 15.0. The fourth-order valence-electron chi connectivity index (χ4n) is 3.51. The van der Waals surface area contributed by atoms with Crippen LogP contribution in [0, 0.1) is 0 Å². The largest absolute Gasteiger partial charge is 0.508 e. The summed E-state index contributed by atoms with van der Waals surface area (Å²) in [5.41, 5.74) is 7.27. The van der Waals surface area contributed by atoms with Crippen molar-refractivity contribution in [2.24, 2.45) is 0 Å². The summed E-state index contributed by atoms with van der Waals surface area (Å²) in [7, 11) is 0. The summed E-state index contributed by atoms with van der Waals surface area (Å²) in [4.78, 5) is 23.4. The number of hydrogen-bond donors (Lipinski definition) is 4. The van der Waals surface area contributed by atoms with E-state index >= 15 is 0 Å². The number of aromatic nitrogens is 6. The van der Waals surface area contributed by atoms with Crippen LogP contribution in [0.1, 0.15) is 0 Å². The Kier molecular flexibility index (Phi) is 2.91. The van der Waals surface area contributed by atoms with Gasteiger partial charge in [0.05, 0.1) is 39.4 Å². The predicted octanol–water partition coefficient (Wildman–Crippen LogP) is 4.36. The van der Waals surface area contributed by atoms with Gasteiger partial charge in [-0.25, -0.2) is 15.0 Å². The number of aromatic hydroxyl groups is 1. The van der Waals surface area contributed by atoms with E-state index in [1.165, 1.54) is 0 Å². The molecule has 0 spiro atoms. The molecule has 0 fully saturated rings. The number of phenolic OH excluding ortho intramolecular Hbond substituents is 1. The number of phenols is 1. The van der Waals surface area contributed by atoms with Gasteiger partial charge in [0.1, 0.15) is 17.4 Å². The Balaban J connectivity index is 1.45. The van der Waals surface area contributed by atoms with Crippen LogP contribution in [0.15, 0.2) is 60.9 Å². The zero-order chi connectivity index (χ0) is 18.7. The summed E-state index contributed by atoms with van der Waals surface area (Å²) in [5, 5.41) is 9.65. The van der Waals surface area contributed by atoms with Crippen molar-refractivity contribution in [3.05, 3.63) is 60.9 Å². The van der Waals surface area contributed by atoms with E-state index in [2.05, 4.69) is 24.9 Å². The number of aromatic amines is 3. The van der Waals surface area contributed by atoms with E-state index in [1.54, 1.807) is 24.5 Å². The van der Waals surface area contributed by atoms with Gasteiger partial charge in [0, 0.05) is 17.2 Å². The van der Waals surface area contributed by atoms with Crippen molar-refractivity contribution in [2.75, 3.05) is 0 Å². The van der Waals surface area contributed by atoms with E-state index in [-0.39, 0.29) is 5.75 Å². The van der Waals surface area contributed by atoms with Crippen molar-refractivity contribution < 1.29 is 5.11 Å². The van der Waals surface area contributed by atoms with Gasteiger partial charge in [0.2, 0.25) is 0 Å². The molecule has 134 valence electrons. The van der Waals surface area contributed by atoms with Gasteiger partial charge in [-0.3, -0.25) is 0 Å². The monoisotopic (exact) mass is 366 g/mol. The first-order chi connectivity index (χ1) is 13.7. The number of hydrogen-bond acceptors (Lipinski definition) is 4. The van der Waals surface area contributed by atoms with E-state index in [0.29, 0.717) is 0 Å². The van der Waals surface area contributed by atoms with E-state index in [4.69, 9.17) is 4.98 Å². The highest BCUT2D eigenvalue weighted by molar-refractivity contribution is 5.87. The highest BCUT2D eigenvalue weighted by atomic mass is 16.3. The molecule has 7 nitrogen and oxygen atoms in total. The third kappa shape index (κ3) is 2.26. The quantitative estimate of drug-likeness (QED) is 0.365. The zero-order valence-electron chi connectivity index (χ0n) is 14.6. The van der Waals surface area contributed by atoms with Crippen LogP contribution in [-0.2, 0) is 0 Å². The minimum absolute atomic E-state index is 0.214. The topological polar surface area (TPSA) is 106 Å². The molecule has 0 amide bonds. The number of benzene rings is 3. The molecule has 6 rings (SSSR count). The average Bonchev–Trinajstić information content (AvgIpc) is 3.43.